The van der Waals surface area contributed by atoms with Crippen molar-refractivity contribution in [1.29, 1.82) is 0 Å². The zero-order chi connectivity index (χ0) is 11.2. The maximum Gasteiger partial charge on any atom is 0.00103 e. The summed E-state index contributed by atoms with van der Waals surface area (Å²) in [7, 11) is 0. The van der Waals surface area contributed by atoms with Gasteiger partial charge in [0.1, 0.15) is 0 Å². The first-order valence-electron chi connectivity index (χ1n) is 6.13. The first-order valence-corrected chi connectivity index (χ1v) is 6.13. The first kappa shape index (κ1) is 14.0. The Morgan fingerprint density at radius 3 is 2.14 bits per heavy atom. The van der Waals surface area contributed by atoms with E-state index in [0.717, 1.165) is 12.5 Å². The quantitative estimate of drug-likeness (QED) is 0.657. The molecule has 0 saturated carbocycles. The van der Waals surface area contributed by atoms with Crippen LogP contribution in [0, 0.1) is 11.3 Å². The van der Waals surface area contributed by atoms with Gasteiger partial charge in [-0.25, -0.2) is 0 Å². The van der Waals surface area contributed by atoms with Gasteiger partial charge >= 0.3 is 0 Å². The van der Waals surface area contributed by atoms with E-state index in [2.05, 4.69) is 46.9 Å². The lowest BCUT2D eigenvalue weighted by molar-refractivity contribution is 0.196. The van der Waals surface area contributed by atoms with Crippen LogP contribution in [-0.4, -0.2) is 12.6 Å². The number of rotatable bonds is 7. The molecule has 14 heavy (non-hydrogen) atoms. The summed E-state index contributed by atoms with van der Waals surface area (Å²) in [6.45, 7) is 15.0. The van der Waals surface area contributed by atoms with Crippen molar-refractivity contribution in [3.63, 3.8) is 0 Å². The highest BCUT2D eigenvalue weighted by molar-refractivity contribution is 4.76. The molecule has 0 saturated heterocycles. The van der Waals surface area contributed by atoms with Gasteiger partial charge < -0.3 is 5.32 Å². The summed E-state index contributed by atoms with van der Waals surface area (Å²) in [5.74, 6) is 0.835. The van der Waals surface area contributed by atoms with E-state index in [1.165, 1.54) is 19.3 Å². The largest absolute Gasteiger partial charge is 0.315 e. The Hall–Kier alpha value is -0.0400. The molecule has 1 heteroatoms. The van der Waals surface area contributed by atoms with Gasteiger partial charge in [-0.05, 0) is 24.3 Å². The van der Waals surface area contributed by atoms with Crippen molar-refractivity contribution in [1.82, 2.24) is 5.32 Å². The van der Waals surface area contributed by atoms with Crippen LogP contribution in [0.5, 0.6) is 0 Å². The van der Waals surface area contributed by atoms with E-state index in [0.29, 0.717) is 11.5 Å². The SMILES string of the molecule is CCCC(C)C(C)(C)CCNC(C)C. The fraction of sp³-hybridized carbons (Fsp3) is 1.00. The van der Waals surface area contributed by atoms with Crippen LogP contribution >= 0.6 is 0 Å². The molecule has 0 amide bonds. The molecule has 1 nitrogen and oxygen atoms in total. The molecule has 0 heterocycles. The van der Waals surface area contributed by atoms with Crippen LogP contribution in [0.15, 0.2) is 0 Å². The highest BCUT2D eigenvalue weighted by atomic mass is 14.9. The molecule has 0 aliphatic carbocycles. The lowest BCUT2D eigenvalue weighted by Gasteiger charge is -2.32. The second-order valence-corrected chi connectivity index (χ2v) is 5.54. The first-order chi connectivity index (χ1) is 6.40. The number of hydrogen-bond donors (Lipinski definition) is 1. The fourth-order valence-electron chi connectivity index (χ4n) is 1.75. The molecule has 0 aromatic carbocycles. The van der Waals surface area contributed by atoms with E-state index >= 15 is 0 Å². The third-order valence-electron chi connectivity index (χ3n) is 3.38. The Kier molecular flexibility index (Phi) is 6.43. The Morgan fingerprint density at radius 1 is 1.14 bits per heavy atom. The Morgan fingerprint density at radius 2 is 1.71 bits per heavy atom. The van der Waals surface area contributed by atoms with E-state index in [4.69, 9.17) is 0 Å². The van der Waals surface area contributed by atoms with Crippen molar-refractivity contribution < 1.29 is 0 Å². The van der Waals surface area contributed by atoms with Gasteiger partial charge in [-0.1, -0.05) is 54.4 Å². The molecule has 1 atom stereocenters. The Labute approximate surface area is 90.7 Å². The average Bonchev–Trinajstić information content (AvgIpc) is 2.03. The molecule has 0 aliphatic rings. The molecule has 0 aliphatic heterocycles. The zero-order valence-electron chi connectivity index (χ0n) is 11.0. The molecule has 86 valence electrons. The molecule has 0 rings (SSSR count). The smallest absolute Gasteiger partial charge is 0.00103 e. The summed E-state index contributed by atoms with van der Waals surface area (Å²) in [5.41, 5.74) is 0.484. The molecule has 0 radical (unpaired) electrons. The minimum Gasteiger partial charge on any atom is -0.315 e. The van der Waals surface area contributed by atoms with Gasteiger partial charge in [0.15, 0.2) is 0 Å². The Balaban J connectivity index is 3.81. The molecular formula is C13H29N. The molecule has 1 N–H and O–H groups in total. The maximum atomic E-state index is 3.50. The second kappa shape index (κ2) is 6.44. The maximum absolute atomic E-state index is 3.50. The van der Waals surface area contributed by atoms with Crippen LogP contribution in [0.25, 0.3) is 0 Å². The highest BCUT2D eigenvalue weighted by Crippen LogP contribution is 2.32. The normalized spacial score (nSPS) is 14.8. The zero-order valence-corrected chi connectivity index (χ0v) is 11.0. The highest BCUT2D eigenvalue weighted by Gasteiger charge is 2.24. The van der Waals surface area contributed by atoms with Crippen molar-refractivity contribution in [2.45, 2.75) is 66.8 Å². The summed E-state index contributed by atoms with van der Waals surface area (Å²) in [6, 6.07) is 0.618. The summed E-state index contributed by atoms with van der Waals surface area (Å²) >= 11 is 0. The van der Waals surface area contributed by atoms with Crippen LogP contribution in [0.2, 0.25) is 0 Å². The molecule has 0 aromatic rings. The second-order valence-electron chi connectivity index (χ2n) is 5.54. The van der Waals surface area contributed by atoms with Crippen molar-refractivity contribution >= 4 is 0 Å². The average molecular weight is 199 g/mol. The Bertz CT molecular complexity index is 138. The molecule has 1 unspecified atom stereocenters. The predicted octanol–water partition coefficient (Wildman–Crippen LogP) is 3.84. The van der Waals surface area contributed by atoms with Gasteiger partial charge in [-0.2, -0.15) is 0 Å². The van der Waals surface area contributed by atoms with Gasteiger partial charge in [-0.15, -0.1) is 0 Å². The monoisotopic (exact) mass is 199 g/mol. The van der Waals surface area contributed by atoms with Gasteiger partial charge in [0.05, 0.1) is 0 Å². The van der Waals surface area contributed by atoms with Crippen LogP contribution in [0.4, 0.5) is 0 Å². The van der Waals surface area contributed by atoms with Gasteiger partial charge in [0.25, 0.3) is 0 Å². The molecule has 0 bridgehead atoms. The summed E-state index contributed by atoms with van der Waals surface area (Å²) in [6.07, 6.45) is 3.95. The van der Waals surface area contributed by atoms with Crippen molar-refractivity contribution in [3.8, 4) is 0 Å². The summed E-state index contributed by atoms with van der Waals surface area (Å²) < 4.78 is 0. The van der Waals surface area contributed by atoms with E-state index in [9.17, 15) is 0 Å². The van der Waals surface area contributed by atoms with Crippen LogP contribution in [-0.2, 0) is 0 Å². The third kappa shape index (κ3) is 5.64. The number of nitrogens with one attached hydrogen (secondary N) is 1. The third-order valence-corrected chi connectivity index (χ3v) is 3.38. The lowest BCUT2D eigenvalue weighted by atomic mass is 9.75. The lowest BCUT2D eigenvalue weighted by Crippen LogP contribution is -2.30. The molecule has 0 fully saturated rings. The van der Waals surface area contributed by atoms with Crippen molar-refractivity contribution in [2.75, 3.05) is 6.54 Å². The topological polar surface area (TPSA) is 12.0 Å². The standard InChI is InChI=1S/C13H29N/c1-7-8-12(4)13(5,6)9-10-14-11(2)3/h11-12,14H,7-10H2,1-6H3. The van der Waals surface area contributed by atoms with E-state index in [1.807, 2.05) is 0 Å². The number of hydrogen-bond acceptors (Lipinski definition) is 1. The predicted molar refractivity (Wildman–Crippen MR) is 65.6 cm³/mol. The van der Waals surface area contributed by atoms with Crippen LogP contribution in [0.1, 0.15) is 60.8 Å². The van der Waals surface area contributed by atoms with E-state index < -0.39 is 0 Å². The minimum atomic E-state index is 0.484. The van der Waals surface area contributed by atoms with E-state index in [1.54, 1.807) is 0 Å². The fourth-order valence-corrected chi connectivity index (χ4v) is 1.75. The minimum absolute atomic E-state index is 0.484. The van der Waals surface area contributed by atoms with Gasteiger partial charge in [-0.3, -0.25) is 0 Å². The van der Waals surface area contributed by atoms with Gasteiger partial charge in [0, 0.05) is 6.04 Å². The summed E-state index contributed by atoms with van der Waals surface area (Å²) in [4.78, 5) is 0. The van der Waals surface area contributed by atoms with Crippen LogP contribution in [0.3, 0.4) is 0 Å². The van der Waals surface area contributed by atoms with Gasteiger partial charge in [0.2, 0.25) is 0 Å². The van der Waals surface area contributed by atoms with E-state index in [-0.39, 0.29) is 0 Å². The van der Waals surface area contributed by atoms with Crippen molar-refractivity contribution in [3.05, 3.63) is 0 Å². The summed E-state index contributed by atoms with van der Waals surface area (Å²) in [5, 5.41) is 3.50. The molecule has 0 spiro atoms. The molecule has 0 aromatic heterocycles. The van der Waals surface area contributed by atoms with Crippen molar-refractivity contribution in [2.24, 2.45) is 11.3 Å². The molecular weight excluding hydrogens is 170 g/mol. The van der Waals surface area contributed by atoms with Crippen LogP contribution < -0.4 is 5.32 Å².